The third-order valence-electron chi connectivity index (χ3n) is 3.70. The molecule has 1 saturated heterocycles. The fourth-order valence-electron chi connectivity index (χ4n) is 2.39. The average molecular weight is 317 g/mol. The quantitative estimate of drug-likeness (QED) is 0.832. The van der Waals surface area contributed by atoms with Crippen molar-refractivity contribution < 1.29 is 8.42 Å². The van der Waals surface area contributed by atoms with Crippen molar-refractivity contribution in [2.45, 2.75) is 13.3 Å². The molecular weight excluding hydrogens is 296 g/mol. The Kier molecular flexibility index (Phi) is 5.43. The van der Waals surface area contributed by atoms with E-state index in [1.807, 2.05) is 18.2 Å². The van der Waals surface area contributed by atoms with Crippen LogP contribution in [0.25, 0.3) is 0 Å². The SMILES string of the molecule is CCS(=O)(=O)N1CCN(CCc2cccc(Cl)c2)CC1. The summed E-state index contributed by atoms with van der Waals surface area (Å²) in [6.07, 6.45) is 0.946. The molecule has 0 unspecified atom stereocenters. The maximum Gasteiger partial charge on any atom is 0.213 e. The highest BCUT2D eigenvalue weighted by Crippen LogP contribution is 2.13. The maximum atomic E-state index is 11.8. The van der Waals surface area contributed by atoms with E-state index in [1.54, 1.807) is 11.2 Å². The number of benzene rings is 1. The Morgan fingerprint density at radius 2 is 1.90 bits per heavy atom. The molecule has 0 N–H and O–H groups in total. The van der Waals surface area contributed by atoms with Crippen LogP contribution in [0, 0.1) is 0 Å². The van der Waals surface area contributed by atoms with Gasteiger partial charge in [0.05, 0.1) is 5.75 Å². The normalized spacial score (nSPS) is 18.3. The molecule has 1 heterocycles. The molecule has 0 radical (unpaired) electrons. The van der Waals surface area contributed by atoms with Crippen LogP contribution in [-0.2, 0) is 16.4 Å². The Hall–Kier alpha value is -0.620. The Bertz CT molecular complexity index is 540. The van der Waals surface area contributed by atoms with Crippen molar-refractivity contribution in [1.29, 1.82) is 0 Å². The molecule has 1 aliphatic rings. The van der Waals surface area contributed by atoms with E-state index in [9.17, 15) is 8.42 Å². The summed E-state index contributed by atoms with van der Waals surface area (Å²) < 4.78 is 25.1. The van der Waals surface area contributed by atoms with Crippen LogP contribution in [0.15, 0.2) is 24.3 Å². The first-order chi connectivity index (χ1) is 9.51. The van der Waals surface area contributed by atoms with Gasteiger partial charge in [0.2, 0.25) is 10.0 Å². The van der Waals surface area contributed by atoms with E-state index < -0.39 is 10.0 Å². The lowest BCUT2D eigenvalue weighted by Crippen LogP contribution is -2.49. The minimum Gasteiger partial charge on any atom is -0.300 e. The van der Waals surface area contributed by atoms with Crippen LogP contribution in [0.5, 0.6) is 0 Å². The summed E-state index contributed by atoms with van der Waals surface area (Å²) in [6.45, 7) is 5.46. The highest BCUT2D eigenvalue weighted by Gasteiger charge is 2.24. The molecule has 0 spiro atoms. The molecule has 1 aliphatic heterocycles. The van der Waals surface area contributed by atoms with Crippen molar-refractivity contribution in [3.05, 3.63) is 34.9 Å². The largest absolute Gasteiger partial charge is 0.300 e. The molecular formula is C14H21ClN2O2S. The molecule has 1 aromatic rings. The number of piperazine rings is 1. The van der Waals surface area contributed by atoms with Crippen molar-refractivity contribution in [3.8, 4) is 0 Å². The van der Waals surface area contributed by atoms with Gasteiger partial charge >= 0.3 is 0 Å². The lowest BCUT2D eigenvalue weighted by molar-refractivity contribution is 0.190. The van der Waals surface area contributed by atoms with E-state index in [0.29, 0.717) is 13.1 Å². The molecule has 0 saturated carbocycles. The highest BCUT2D eigenvalue weighted by atomic mass is 35.5. The van der Waals surface area contributed by atoms with Gasteiger partial charge in [0.1, 0.15) is 0 Å². The first kappa shape index (κ1) is 15.8. The van der Waals surface area contributed by atoms with E-state index in [2.05, 4.69) is 11.0 Å². The first-order valence-corrected chi connectivity index (χ1v) is 8.94. The first-order valence-electron chi connectivity index (χ1n) is 6.96. The van der Waals surface area contributed by atoms with Gasteiger partial charge in [0.25, 0.3) is 0 Å². The number of halogens is 1. The molecule has 0 atom stereocenters. The van der Waals surface area contributed by atoms with E-state index in [0.717, 1.165) is 31.1 Å². The second-order valence-corrected chi connectivity index (χ2v) is 7.72. The van der Waals surface area contributed by atoms with Gasteiger partial charge in [-0.2, -0.15) is 4.31 Å². The standard InChI is InChI=1S/C14H21ClN2O2S/c1-2-20(18,19)17-10-8-16(9-11-17)7-6-13-4-3-5-14(15)12-13/h3-5,12H,2,6-11H2,1H3. The monoisotopic (exact) mass is 316 g/mol. The van der Waals surface area contributed by atoms with E-state index >= 15 is 0 Å². The molecule has 0 aliphatic carbocycles. The Morgan fingerprint density at radius 1 is 1.20 bits per heavy atom. The van der Waals surface area contributed by atoms with Gasteiger partial charge in [0.15, 0.2) is 0 Å². The van der Waals surface area contributed by atoms with Crippen LogP contribution >= 0.6 is 11.6 Å². The predicted octanol–water partition coefficient (Wildman–Crippen LogP) is 1.85. The third-order valence-corrected chi connectivity index (χ3v) is 5.81. The molecule has 6 heteroatoms. The third kappa shape index (κ3) is 4.19. The smallest absolute Gasteiger partial charge is 0.213 e. The molecule has 1 aromatic carbocycles. The highest BCUT2D eigenvalue weighted by molar-refractivity contribution is 7.89. The molecule has 0 aromatic heterocycles. The van der Waals surface area contributed by atoms with Gasteiger partial charge in [-0.3, -0.25) is 0 Å². The molecule has 1 fully saturated rings. The van der Waals surface area contributed by atoms with Crippen LogP contribution in [0.2, 0.25) is 5.02 Å². The summed E-state index contributed by atoms with van der Waals surface area (Å²) >= 11 is 5.96. The number of hydrogen-bond acceptors (Lipinski definition) is 3. The molecule has 0 bridgehead atoms. The summed E-state index contributed by atoms with van der Waals surface area (Å²) in [6, 6.07) is 7.89. The number of rotatable bonds is 5. The molecule has 0 amide bonds. The molecule has 4 nitrogen and oxygen atoms in total. The zero-order valence-electron chi connectivity index (χ0n) is 11.8. The van der Waals surface area contributed by atoms with Crippen molar-refractivity contribution in [2.24, 2.45) is 0 Å². The van der Waals surface area contributed by atoms with E-state index in [4.69, 9.17) is 11.6 Å². The fraction of sp³-hybridized carbons (Fsp3) is 0.571. The molecule has 2 rings (SSSR count). The summed E-state index contributed by atoms with van der Waals surface area (Å²) in [4.78, 5) is 2.31. The van der Waals surface area contributed by atoms with Crippen LogP contribution in [0.4, 0.5) is 0 Å². The van der Waals surface area contributed by atoms with Gasteiger partial charge in [-0.05, 0) is 31.0 Å². The van der Waals surface area contributed by atoms with Crippen molar-refractivity contribution in [3.63, 3.8) is 0 Å². The van der Waals surface area contributed by atoms with Gasteiger partial charge in [-0.15, -0.1) is 0 Å². The van der Waals surface area contributed by atoms with Gasteiger partial charge in [-0.1, -0.05) is 23.7 Å². The number of hydrogen-bond donors (Lipinski definition) is 0. The second kappa shape index (κ2) is 6.89. The lowest BCUT2D eigenvalue weighted by Gasteiger charge is -2.33. The Labute approximate surface area is 126 Å². The Balaban J connectivity index is 1.80. The van der Waals surface area contributed by atoms with Gasteiger partial charge in [-0.25, -0.2) is 8.42 Å². The average Bonchev–Trinajstić information content (AvgIpc) is 2.46. The van der Waals surface area contributed by atoms with Crippen LogP contribution in [0.1, 0.15) is 12.5 Å². The summed E-state index contributed by atoms with van der Waals surface area (Å²) in [5, 5.41) is 0.765. The van der Waals surface area contributed by atoms with Crippen molar-refractivity contribution >= 4 is 21.6 Å². The summed E-state index contributed by atoms with van der Waals surface area (Å²) in [5.74, 6) is 0.190. The van der Waals surface area contributed by atoms with Crippen LogP contribution in [-0.4, -0.2) is 56.1 Å². The second-order valence-electron chi connectivity index (χ2n) is 5.02. The van der Waals surface area contributed by atoms with Crippen LogP contribution < -0.4 is 0 Å². The van der Waals surface area contributed by atoms with Crippen molar-refractivity contribution in [2.75, 3.05) is 38.5 Å². The molecule has 20 heavy (non-hydrogen) atoms. The number of sulfonamides is 1. The minimum absolute atomic E-state index is 0.190. The zero-order valence-corrected chi connectivity index (χ0v) is 13.3. The predicted molar refractivity (Wildman–Crippen MR) is 82.6 cm³/mol. The lowest BCUT2D eigenvalue weighted by atomic mass is 10.1. The van der Waals surface area contributed by atoms with Gasteiger partial charge in [0, 0.05) is 37.7 Å². The zero-order chi connectivity index (χ0) is 14.6. The topological polar surface area (TPSA) is 40.6 Å². The van der Waals surface area contributed by atoms with Crippen molar-refractivity contribution in [1.82, 2.24) is 9.21 Å². The maximum absolute atomic E-state index is 11.8. The summed E-state index contributed by atoms with van der Waals surface area (Å²) in [7, 11) is -3.03. The number of nitrogens with zero attached hydrogens (tertiary/aromatic N) is 2. The Morgan fingerprint density at radius 3 is 2.50 bits per heavy atom. The van der Waals surface area contributed by atoms with E-state index in [1.165, 1.54) is 5.56 Å². The van der Waals surface area contributed by atoms with Crippen LogP contribution in [0.3, 0.4) is 0 Å². The molecule has 112 valence electrons. The fourth-order valence-corrected chi connectivity index (χ4v) is 3.69. The van der Waals surface area contributed by atoms with E-state index in [-0.39, 0.29) is 5.75 Å². The minimum atomic E-state index is -3.03. The summed E-state index contributed by atoms with van der Waals surface area (Å²) in [5.41, 5.74) is 1.22. The van der Waals surface area contributed by atoms with Gasteiger partial charge < -0.3 is 4.90 Å².